The van der Waals surface area contributed by atoms with Gasteiger partial charge in [-0.3, -0.25) is 0 Å². The molecule has 3 nitrogen and oxygen atoms in total. The Morgan fingerprint density at radius 2 is 2.11 bits per heavy atom. The third-order valence-corrected chi connectivity index (χ3v) is 4.83. The normalized spacial score (nSPS) is 28.7. The fraction of sp³-hybridized carbons (Fsp3) is 0.600. The van der Waals surface area contributed by atoms with Gasteiger partial charge in [0.2, 0.25) is 0 Å². The molecule has 0 aliphatic heterocycles. The van der Waals surface area contributed by atoms with Crippen molar-refractivity contribution < 1.29 is 14.8 Å². The van der Waals surface area contributed by atoms with E-state index in [1.165, 1.54) is 25.7 Å². The predicted octanol–water partition coefficient (Wildman–Crippen LogP) is 1.49. The van der Waals surface area contributed by atoms with Crippen molar-refractivity contribution in [1.29, 1.82) is 0 Å². The van der Waals surface area contributed by atoms with Gasteiger partial charge in [0.25, 0.3) is 0 Å². The first-order chi connectivity index (χ1) is 9.13. The lowest BCUT2D eigenvalue weighted by Crippen LogP contribution is -2.30. The lowest BCUT2D eigenvalue weighted by atomic mass is 9.79. The van der Waals surface area contributed by atoms with Gasteiger partial charge < -0.3 is 14.8 Å². The molecule has 1 aromatic rings. The highest BCUT2D eigenvalue weighted by molar-refractivity contribution is 6.58. The minimum atomic E-state index is -1.40. The SMILES string of the molecule is Cc1cc(B(O)O)ccc1OCC1CC2CCC1C2. The molecule has 3 atom stereocenters. The Morgan fingerprint density at radius 3 is 2.68 bits per heavy atom. The van der Waals surface area contributed by atoms with E-state index in [0.717, 1.165) is 35.7 Å². The summed E-state index contributed by atoms with van der Waals surface area (Å²) < 4.78 is 5.94. The maximum absolute atomic E-state index is 9.13. The molecule has 2 aliphatic carbocycles. The zero-order chi connectivity index (χ0) is 13.4. The highest BCUT2D eigenvalue weighted by Gasteiger charge is 2.39. The second-order valence-electron chi connectivity index (χ2n) is 6.14. The predicted molar refractivity (Wildman–Crippen MR) is 75.4 cm³/mol. The van der Waals surface area contributed by atoms with E-state index < -0.39 is 7.12 Å². The molecule has 19 heavy (non-hydrogen) atoms. The zero-order valence-corrected chi connectivity index (χ0v) is 11.4. The molecule has 2 aliphatic rings. The van der Waals surface area contributed by atoms with Crippen LogP contribution in [0.1, 0.15) is 31.2 Å². The van der Waals surface area contributed by atoms with Gasteiger partial charge in [0.15, 0.2) is 0 Å². The minimum absolute atomic E-state index is 0.518. The van der Waals surface area contributed by atoms with Crippen LogP contribution in [0.5, 0.6) is 5.75 Å². The third-order valence-electron chi connectivity index (χ3n) is 4.83. The highest BCUT2D eigenvalue weighted by Crippen LogP contribution is 2.48. The van der Waals surface area contributed by atoms with Crippen molar-refractivity contribution >= 4 is 12.6 Å². The summed E-state index contributed by atoms with van der Waals surface area (Å²) in [6.07, 6.45) is 5.54. The number of aryl methyl sites for hydroxylation is 1. The Labute approximate surface area is 114 Å². The van der Waals surface area contributed by atoms with Gasteiger partial charge in [-0.05, 0) is 61.0 Å². The second kappa shape index (κ2) is 5.18. The van der Waals surface area contributed by atoms with Crippen molar-refractivity contribution in [2.45, 2.75) is 32.6 Å². The van der Waals surface area contributed by atoms with Crippen LogP contribution < -0.4 is 10.2 Å². The highest BCUT2D eigenvalue weighted by atomic mass is 16.5. The Morgan fingerprint density at radius 1 is 1.26 bits per heavy atom. The zero-order valence-electron chi connectivity index (χ0n) is 11.4. The van der Waals surface area contributed by atoms with Gasteiger partial charge in [-0.2, -0.15) is 0 Å². The monoisotopic (exact) mass is 260 g/mol. The van der Waals surface area contributed by atoms with E-state index in [1.54, 1.807) is 12.1 Å². The summed E-state index contributed by atoms with van der Waals surface area (Å²) in [6, 6.07) is 5.34. The average molecular weight is 260 g/mol. The molecule has 2 N–H and O–H groups in total. The number of ether oxygens (including phenoxy) is 1. The van der Waals surface area contributed by atoms with Gasteiger partial charge in [0.1, 0.15) is 5.75 Å². The summed E-state index contributed by atoms with van der Waals surface area (Å²) in [5.74, 6) is 3.42. The van der Waals surface area contributed by atoms with Crippen LogP contribution in [0.15, 0.2) is 18.2 Å². The van der Waals surface area contributed by atoms with Crippen LogP contribution in [0, 0.1) is 24.7 Å². The molecule has 4 heteroatoms. The maximum Gasteiger partial charge on any atom is 0.488 e. The first-order valence-corrected chi connectivity index (χ1v) is 7.23. The van der Waals surface area contributed by atoms with Gasteiger partial charge in [0.05, 0.1) is 6.61 Å². The molecule has 0 heterocycles. The summed E-state index contributed by atoms with van der Waals surface area (Å²) in [4.78, 5) is 0. The smallest absolute Gasteiger partial charge is 0.488 e. The van der Waals surface area contributed by atoms with Gasteiger partial charge in [-0.25, -0.2) is 0 Å². The van der Waals surface area contributed by atoms with Crippen molar-refractivity contribution in [1.82, 2.24) is 0 Å². The van der Waals surface area contributed by atoms with E-state index in [4.69, 9.17) is 14.8 Å². The molecule has 3 unspecified atom stereocenters. The average Bonchev–Trinajstić information content (AvgIpc) is 2.99. The molecule has 1 aromatic carbocycles. The summed E-state index contributed by atoms with van der Waals surface area (Å²) in [5, 5.41) is 18.3. The molecular weight excluding hydrogens is 239 g/mol. The van der Waals surface area contributed by atoms with E-state index in [0.29, 0.717) is 5.46 Å². The maximum atomic E-state index is 9.13. The molecule has 0 aromatic heterocycles. The molecule has 0 amide bonds. The van der Waals surface area contributed by atoms with Crippen molar-refractivity contribution in [3.05, 3.63) is 23.8 Å². The topological polar surface area (TPSA) is 49.7 Å². The van der Waals surface area contributed by atoms with Gasteiger partial charge in [-0.15, -0.1) is 0 Å². The van der Waals surface area contributed by atoms with Crippen molar-refractivity contribution in [2.75, 3.05) is 6.61 Å². The summed E-state index contributed by atoms with van der Waals surface area (Å²) >= 11 is 0. The molecule has 3 rings (SSSR count). The number of benzene rings is 1. The van der Waals surface area contributed by atoms with Crippen LogP contribution in [-0.4, -0.2) is 23.8 Å². The van der Waals surface area contributed by atoms with Crippen LogP contribution in [0.25, 0.3) is 0 Å². The molecule has 2 fully saturated rings. The van der Waals surface area contributed by atoms with Gasteiger partial charge >= 0.3 is 7.12 Å². The van der Waals surface area contributed by atoms with E-state index in [9.17, 15) is 0 Å². The van der Waals surface area contributed by atoms with Crippen LogP contribution in [0.3, 0.4) is 0 Å². The Bertz CT molecular complexity index is 461. The Kier molecular flexibility index (Phi) is 3.55. The van der Waals surface area contributed by atoms with Crippen LogP contribution >= 0.6 is 0 Å². The largest absolute Gasteiger partial charge is 0.493 e. The van der Waals surface area contributed by atoms with E-state index in [2.05, 4.69) is 0 Å². The minimum Gasteiger partial charge on any atom is -0.493 e. The van der Waals surface area contributed by atoms with Crippen LogP contribution in [0.2, 0.25) is 0 Å². The van der Waals surface area contributed by atoms with E-state index >= 15 is 0 Å². The number of fused-ring (bicyclic) bond motifs is 2. The number of rotatable bonds is 4. The third kappa shape index (κ3) is 2.65. The second-order valence-corrected chi connectivity index (χ2v) is 6.14. The Balaban J connectivity index is 1.61. The fourth-order valence-corrected chi connectivity index (χ4v) is 3.77. The molecule has 0 radical (unpaired) electrons. The standard InChI is InChI=1S/C15H21BO3/c1-10-6-14(16(17)18)4-5-15(10)19-9-13-8-11-2-3-12(13)7-11/h4-6,11-13,17-18H,2-3,7-9H2,1H3. The first kappa shape index (κ1) is 13.0. The molecule has 0 spiro atoms. The molecular formula is C15H21BO3. The van der Waals surface area contributed by atoms with E-state index in [-0.39, 0.29) is 0 Å². The number of hydrogen-bond acceptors (Lipinski definition) is 3. The van der Waals surface area contributed by atoms with Crippen LogP contribution in [-0.2, 0) is 0 Å². The lowest BCUT2D eigenvalue weighted by molar-refractivity contribution is 0.194. The fourth-order valence-electron chi connectivity index (χ4n) is 3.77. The van der Waals surface area contributed by atoms with Gasteiger partial charge in [0, 0.05) is 0 Å². The van der Waals surface area contributed by atoms with Gasteiger partial charge in [-0.1, -0.05) is 18.6 Å². The van der Waals surface area contributed by atoms with Crippen LogP contribution in [0.4, 0.5) is 0 Å². The molecule has 2 saturated carbocycles. The lowest BCUT2D eigenvalue weighted by Gasteiger charge is -2.22. The number of hydrogen-bond donors (Lipinski definition) is 2. The van der Waals surface area contributed by atoms with Crippen molar-refractivity contribution in [3.63, 3.8) is 0 Å². The summed E-state index contributed by atoms with van der Waals surface area (Å²) in [6.45, 7) is 2.76. The first-order valence-electron chi connectivity index (χ1n) is 7.23. The Hall–Kier alpha value is -0.995. The summed E-state index contributed by atoms with van der Waals surface area (Å²) in [5.41, 5.74) is 1.48. The van der Waals surface area contributed by atoms with Crippen molar-refractivity contribution in [3.8, 4) is 5.75 Å². The molecule has 102 valence electrons. The molecule has 2 bridgehead atoms. The summed E-state index contributed by atoms with van der Waals surface area (Å²) in [7, 11) is -1.40. The van der Waals surface area contributed by atoms with Crippen molar-refractivity contribution in [2.24, 2.45) is 17.8 Å². The quantitative estimate of drug-likeness (QED) is 0.806. The van der Waals surface area contributed by atoms with E-state index in [1.807, 2.05) is 13.0 Å². The molecule has 0 saturated heterocycles.